The van der Waals surface area contributed by atoms with Crippen LogP contribution in [-0.4, -0.2) is 19.9 Å². The van der Waals surface area contributed by atoms with Crippen molar-refractivity contribution in [1.82, 2.24) is 4.72 Å². The second-order valence-electron chi connectivity index (χ2n) is 6.28. The van der Waals surface area contributed by atoms with Gasteiger partial charge in [0.25, 0.3) is 5.69 Å². The molecule has 0 saturated heterocycles. The SMILES string of the molecule is CCOc1cccc2cc(C(C)NS(=O)(=O)c3c(C)cccc3[N+](=O)[O-])oc12. The fourth-order valence-corrected chi connectivity index (χ4v) is 4.63. The zero-order chi connectivity index (χ0) is 20.5. The molecule has 0 aliphatic rings. The van der Waals surface area contributed by atoms with Crippen molar-refractivity contribution in [1.29, 1.82) is 0 Å². The quantitative estimate of drug-likeness (QED) is 0.469. The second-order valence-corrected chi connectivity index (χ2v) is 7.93. The molecule has 3 rings (SSSR count). The van der Waals surface area contributed by atoms with Gasteiger partial charge in [-0.3, -0.25) is 10.1 Å². The van der Waals surface area contributed by atoms with Crippen molar-refractivity contribution in [3.8, 4) is 5.75 Å². The van der Waals surface area contributed by atoms with Gasteiger partial charge in [0.2, 0.25) is 10.0 Å². The number of ether oxygens (including phenoxy) is 1. The number of sulfonamides is 1. The number of aryl methyl sites for hydroxylation is 1. The third kappa shape index (κ3) is 3.71. The van der Waals surface area contributed by atoms with Crippen molar-refractivity contribution in [3.05, 3.63) is 63.9 Å². The molecule has 28 heavy (non-hydrogen) atoms. The largest absolute Gasteiger partial charge is 0.490 e. The van der Waals surface area contributed by atoms with Crippen LogP contribution in [0.5, 0.6) is 5.75 Å². The summed E-state index contributed by atoms with van der Waals surface area (Å²) in [4.78, 5) is 10.2. The van der Waals surface area contributed by atoms with Crippen LogP contribution in [0.3, 0.4) is 0 Å². The molecule has 1 atom stereocenters. The first-order valence-electron chi connectivity index (χ1n) is 8.66. The molecule has 9 heteroatoms. The smallest absolute Gasteiger partial charge is 0.289 e. The van der Waals surface area contributed by atoms with Crippen LogP contribution in [-0.2, 0) is 10.0 Å². The normalized spacial score (nSPS) is 12.8. The fourth-order valence-electron chi connectivity index (χ4n) is 3.02. The Hall–Kier alpha value is -2.91. The van der Waals surface area contributed by atoms with Gasteiger partial charge in [0.15, 0.2) is 16.2 Å². The lowest BCUT2D eigenvalue weighted by Crippen LogP contribution is -2.28. The number of rotatable bonds is 7. The summed E-state index contributed by atoms with van der Waals surface area (Å²) in [6.07, 6.45) is 0. The first-order chi connectivity index (χ1) is 13.2. The molecule has 1 heterocycles. The van der Waals surface area contributed by atoms with E-state index in [0.29, 0.717) is 23.7 Å². The maximum absolute atomic E-state index is 12.9. The molecule has 0 bridgehead atoms. The number of furan rings is 1. The Labute approximate surface area is 162 Å². The maximum atomic E-state index is 12.9. The van der Waals surface area contributed by atoms with Crippen LogP contribution < -0.4 is 9.46 Å². The number of para-hydroxylation sites is 1. The number of benzene rings is 2. The minimum atomic E-state index is -4.15. The monoisotopic (exact) mass is 404 g/mol. The first-order valence-corrected chi connectivity index (χ1v) is 10.1. The number of nitrogens with zero attached hydrogens (tertiary/aromatic N) is 1. The second kappa shape index (κ2) is 7.61. The highest BCUT2D eigenvalue weighted by Gasteiger charge is 2.30. The van der Waals surface area contributed by atoms with Crippen LogP contribution in [0.15, 0.2) is 51.8 Å². The Balaban J connectivity index is 1.97. The molecule has 0 spiro atoms. The Morgan fingerprint density at radius 2 is 1.96 bits per heavy atom. The standard InChI is InChI=1S/C19H20N2O6S/c1-4-26-16-10-6-8-14-11-17(27-18(14)16)13(3)20-28(24,25)19-12(2)7-5-9-15(19)21(22)23/h5-11,13,20H,4H2,1-3H3. The van der Waals surface area contributed by atoms with Crippen LogP contribution in [0.2, 0.25) is 0 Å². The zero-order valence-electron chi connectivity index (χ0n) is 15.6. The van der Waals surface area contributed by atoms with Crippen LogP contribution in [0.25, 0.3) is 11.0 Å². The summed E-state index contributed by atoms with van der Waals surface area (Å²) >= 11 is 0. The molecule has 0 saturated carbocycles. The molecule has 0 radical (unpaired) electrons. The van der Waals surface area contributed by atoms with E-state index in [-0.39, 0.29) is 10.5 Å². The molecule has 1 N–H and O–H groups in total. The van der Waals surface area contributed by atoms with Gasteiger partial charge < -0.3 is 9.15 Å². The number of nitro groups is 1. The van der Waals surface area contributed by atoms with E-state index < -0.39 is 26.7 Å². The van der Waals surface area contributed by atoms with Gasteiger partial charge in [0.1, 0.15) is 5.76 Å². The molecular formula is C19H20N2O6S. The maximum Gasteiger partial charge on any atom is 0.289 e. The van der Waals surface area contributed by atoms with Crippen LogP contribution in [0.1, 0.15) is 31.2 Å². The van der Waals surface area contributed by atoms with Crippen LogP contribution in [0, 0.1) is 17.0 Å². The van der Waals surface area contributed by atoms with E-state index in [9.17, 15) is 18.5 Å². The summed E-state index contributed by atoms with van der Waals surface area (Å²) in [6, 6.07) is 10.5. The molecular weight excluding hydrogens is 384 g/mol. The third-order valence-electron chi connectivity index (χ3n) is 4.24. The number of nitro benzene ring substituents is 1. The van der Waals surface area contributed by atoms with Gasteiger partial charge in [0.05, 0.1) is 17.6 Å². The van der Waals surface area contributed by atoms with Crippen molar-refractivity contribution < 1.29 is 22.5 Å². The van der Waals surface area contributed by atoms with E-state index in [1.165, 1.54) is 25.1 Å². The van der Waals surface area contributed by atoms with Crippen molar-refractivity contribution >= 4 is 26.7 Å². The van der Waals surface area contributed by atoms with Crippen LogP contribution >= 0.6 is 0 Å². The number of hydrogen-bond acceptors (Lipinski definition) is 6. The third-order valence-corrected chi connectivity index (χ3v) is 5.97. The van der Waals surface area contributed by atoms with Gasteiger partial charge in [-0.15, -0.1) is 0 Å². The minimum Gasteiger partial charge on any atom is -0.490 e. The van der Waals surface area contributed by atoms with E-state index in [4.69, 9.17) is 9.15 Å². The number of fused-ring (bicyclic) bond motifs is 1. The predicted molar refractivity (Wildman–Crippen MR) is 104 cm³/mol. The molecule has 8 nitrogen and oxygen atoms in total. The van der Waals surface area contributed by atoms with Gasteiger partial charge in [0, 0.05) is 11.5 Å². The Morgan fingerprint density at radius 1 is 1.25 bits per heavy atom. The van der Waals surface area contributed by atoms with Crippen molar-refractivity contribution in [3.63, 3.8) is 0 Å². The van der Waals surface area contributed by atoms with E-state index in [1.807, 2.05) is 19.1 Å². The van der Waals surface area contributed by atoms with E-state index >= 15 is 0 Å². The van der Waals surface area contributed by atoms with Crippen LogP contribution in [0.4, 0.5) is 5.69 Å². The molecule has 0 aliphatic carbocycles. The van der Waals surface area contributed by atoms with E-state index in [0.717, 1.165) is 5.39 Å². The highest BCUT2D eigenvalue weighted by molar-refractivity contribution is 7.89. The van der Waals surface area contributed by atoms with Crippen molar-refractivity contribution in [2.75, 3.05) is 6.61 Å². The molecule has 0 fully saturated rings. The number of nitrogens with one attached hydrogen (secondary N) is 1. The molecule has 0 aliphatic heterocycles. The molecule has 148 valence electrons. The molecule has 0 amide bonds. The average Bonchev–Trinajstić information content (AvgIpc) is 3.06. The topological polar surface area (TPSA) is 112 Å². The van der Waals surface area contributed by atoms with Crippen molar-refractivity contribution in [2.24, 2.45) is 0 Å². The predicted octanol–water partition coefficient (Wildman–Crippen LogP) is 4.09. The first kappa shape index (κ1) is 19.8. The van der Waals surface area contributed by atoms with Gasteiger partial charge in [-0.1, -0.05) is 24.3 Å². The summed E-state index contributed by atoms with van der Waals surface area (Å²) in [5.74, 6) is 0.942. The lowest BCUT2D eigenvalue weighted by Gasteiger charge is -2.13. The lowest BCUT2D eigenvalue weighted by molar-refractivity contribution is -0.387. The van der Waals surface area contributed by atoms with Crippen molar-refractivity contribution in [2.45, 2.75) is 31.7 Å². The Kier molecular flexibility index (Phi) is 5.39. The summed E-state index contributed by atoms with van der Waals surface area (Å²) in [5, 5.41) is 12.0. The molecule has 2 aromatic carbocycles. The van der Waals surface area contributed by atoms with Gasteiger partial charge in [-0.25, -0.2) is 13.1 Å². The summed E-state index contributed by atoms with van der Waals surface area (Å²) in [7, 11) is -4.15. The Bertz CT molecular complexity index is 1140. The van der Waals surface area contributed by atoms with Gasteiger partial charge >= 0.3 is 0 Å². The van der Waals surface area contributed by atoms with Gasteiger partial charge in [-0.05, 0) is 38.5 Å². The summed E-state index contributed by atoms with van der Waals surface area (Å²) in [5.41, 5.74) is 0.340. The highest BCUT2D eigenvalue weighted by Crippen LogP contribution is 2.33. The van der Waals surface area contributed by atoms with E-state index in [1.54, 1.807) is 19.1 Å². The summed E-state index contributed by atoms with van der Waals surface area (Å²) in [6.45, 7) is 5.45. The Morgan fingerprint density at radius 3 is 2.64 bits per heavy atom. The summed E-state index contributed by atoms with van der Waals surface area (Å²) < 4.78 is 39.6. The highest BCUT2D eigenvalue weighted by atomic mass is 32.2. The zero-order valence-corrected chi connectivity index (χ0v) is 16.4. The molecule has 1 aromatic heterocycles. The minimum absolute atomic E-state index is 0.289. The lowest BCUT2D eigenvalue weighted by atomic mass is 10.2. The molecule has 3 aromatic rings. The molecule has 1 unspecified atom stereocenters. The fraction of sp³-hybridized carbons (Fsp3) is 0.263. The average molecular weight is 404 g/mol. The van der Waals surface area contributed by atoms with Gasteiger partial charge in [-0.2, -0.15) is 0 Å². The van der Waals surface area contributed by atoms with E-state index in [2.05, 4.69) is 4.72 Å². The number of hydrogen-bond donors (Lipinski definition) is 1.